The van der Waals surface area contributed by atoms with Crippen LogP contribution in [0.2, 0.25) is 0 Å². The molecule has 0 saturated carbocycles. The van der Waals surface area contributed by atoms with Gasteiger partial charge in [0.05, 0.1) is 11.3 Å². The molecule has 0 radical (unpaired) electrons. The standard InChI is InChI=1S/C9H12N6O2/c1-13-6-8(15(16)17)9(12-13)11-3-5-14-4-2-10-7-14/h2,4,6-7H,3,5H2,1H3,(H,11,12). The number of imidazole rings is 1. The zero-order valence-electron chi connectivity index (χ0n) is 9.28. The first-order valence-corrected chi connectivity index (χ1v) is 5.04. The Bertz CT molecular complexity index is 504. The summed E-state index contributed by atoms with van der Waals surface area (Å²) in [6.07, 6.45) is 6.58. The van der Waals surface area contributed by atoms with Crippen molar-refractivity contribution in [1.82, 2.24) is 19.3 Å². The van der Waals surface area contributed by atoms with E-state index in [0.29, 0.717) is 13.1 Å². The van der Waals surface area contributed by atoms with Crippen molar-refractivity contribution >= 4 is 11.5 Å². The van der Waals surface area contributed by atoms with Gasteiger partial charge in [-0.25, -0.2) is 4.98 Å². The Morgan fingerprint density at radius 2 is 2.41 bits per heavy atom. The Kier molecular flexibility index (Phi) is 3.03. The van der Waals surface area contributed by atoms with E-state index in [1.165, 1.54) is 10.9 Å². The first kappa shape index (κ1) is 11.1. The molecule has 1 N–H and O–H groups in total. The lowest BCUT2D eigenvalue weighted by Gasteiger charge is -2.03. The summed E-state index contributed by atoms with van der Waals surface area (Å²) < 4.78 is 3.29. The predicted molar refractivity (Wildman–Crippen MR) is 60.6 cm³/mol. The maximum Gasteiger partial charge on any atom is 0.330 e. The SMILES string of the molecule is Cn1cc([N+](=O)[O-])c(NCCn2ccnc2)n1. The summed E-state index contributed by atoms with van der Waals surface area (Å²) in [4.78, 5) is 14.2. The van der Waals surface area contributed by atoms with E-state index in [1.54, 1.807) is 19.6 Å². The summed E-state index contributed by atoms with van der Waals surface area (Å²) >= 11 is 0. The molecule has 0 spiro atoms. The van der Waals surface area contributed by atoms with Crippen LogP contribution in [0.25, 0.3) is 0 Å². The van der Waals surface area contributed by atoms with Gasteiger partial charge in [-0.2, -0.15) is 0 Å². The number of aromatic nitrogens is 4. The van der Waals surface area contributed by atoms with E-state index in [2.05, 4.69) is 15.4 Å². The second-order valence-corrected chi connectivity index (χ2v) is 3.52. The van der Waals surface area contributed by atoms with E-state index in [1.807, 2.05) is 10.8 Å². The Labute approximate surface area is 97.0 Å². The van der Waals surface area contributed by atoms with E-state index in [4.69, 9.17) is 0 Å². The first-order chi connectivity index (χ1) is 8.16. The highest BCUT2D eigenvalue weighted by Gasteiger charge is 2.17. The van der Waals surface area contributed by atoms with E-state index in [0.717, 1.165) is 0 Å². The van der Waals surface area contributed by atoms with Gasteiger partial charge in [0.2, 0.25) is 5.82 Å². The fourth-order valence-corrected chi connectivity index (χ4v) is 1.46. The Balaban J connectivity index is 1.96. The van der Waals surface area contributed by atoms with Crippen LogP contribution in [0.1, 0.15) is 0 Å². The molecule has 0 unspecified atom stereocenters. The molecule has 0 atom stereocenters. The van der Waals surface area contributed by atoms with Gasteiger partial charge in [0.1, 0.15) is 6.20 Å². The number of hydrogen-bond donors (Lipinski definition) is 1. The van der Waals surface area contributed by atoms with Crippen LogP contribution in [-0.2, 0) is 13.6 Å². The minimum Gasteiger partial charge on any atom is -0.361 e. The summed E-state index contributed by atoms with van der Waals surface area (Å²) in [5.41, 5.74) is -0.0156. The van der Waals surface area contributed by atoms with Crippen molar-refractivity contribution in [2.24, 2.45) is 7.05 Å². The second kappa shape index (κ2) is 4.64. The van der Waals surface area contributed by atoms with Gasteiger partial charge in [-0.1, -0.05) is 0 Å². The number of hydrogen-bond acceptors (Lipinski definition) is 5. The Morgan fingerprint density at radius 3 is 3.06 bits per heavy atom. The highest BCUT2D eigenvalue weighted by molar-refractivity contribution is 5.54. The van der Waals surface area contributed by atoms with Crippen molar-refractivity contribution in [2.75, 3.05) is 11.9 Å². The van der Waals surface area contributed by atoms with Gasteiger partial charge in [0, 0.05) is 32.5 Å². The number of rotatable bonds is 5. The third-order valence-electron chi connectivity index (χ3n) is 2.23. The van der Waals surface area contributed by atoms with Crippen molar-refractivity contribution in [3.63, 3.8) is 0 Å². The van der Waals surface area contributed by atoms with Gasteiger partial charge in [-0.3, -0.25) is 14.8 Å². The highest BCUT2D eigenvalue weighted by Crippen LogP contribution is 2.20. The van der Waals surface area contributed by atoms with Crippen LogP contribution in [0.3, 0.4) is 0 Å². The van der Waals surface area contributed by atoms with E-state index in [-0.39, 0.29) is 11.5 Å². The van der Waals surface area contributed by atoms with E-state index >= 15 is 0 Å². The molecule has 17 heavy (non-hydrogen) atoms. The molecule has 0 saturated heterocycles. The average molecular weight is 236 g/mol. The molecule has 0 aliphatic heterocycles. The lowest BCUT2D eigenvalue weighted by Crippen LogP contribution is -2.10. The molecule has 0 aliphatic rings. The molecular weight excluding hydrogens is 224 g/mol. The summed E-state index contributed by atoms with van der Waals surface area (Å²) in [5, 5.41) is 17.6. The Hall–Kier alpha value is -2.38. The molecule has 90 valence electrons. The molecule has 0 aliphatic carbocycles. The van der Waals surface area contributed by atoms with Crippen molar-refractivity contribution < 1.29 is 4.92 Å². The first-order valence-electron chi connectivity index (χ1n) is 5.04. The predicted octanol–water partition coefficient (Wildman–Crippen LogP) is 0.637. The minimum atomic E-state index is -0.452. The molecule has 0 amide bonds. The summed E-state index contributed by atoms with van der Waals surface area (Å²) in [7, 11) is 1.65. The number of nitro groups is 1. The third-order valence-corrected chi connectivity index (χ3v) is 2.23. The summed E-state index contributed by atoms with van der Waals surface area (Å²) in [6.45, 7) is 1.22. The van der Waals surface area contributed by atoms with Crippen LogP contribution in [-0.4, -0.2) is 30.8 Å². The molecule has 2 aromatic rings. The van der Waals surface area contributed by atoms with Gasteiger partial charge in [-0.05, 0) is 0 Å². The number of nitrogens with zero attached hydrogens (tertiary/aromatic N) is 5. The zero-order chi connectivity index (χ0) is 12.3. The van der Waals surface area contributed by atoms with Gasteiger partial charge in [0.15, 0.2) is 0 Å². The molecule has 0 aromatic carbocycles. The van der Waals surface area contributed by atoms with E-state index in [9.17, 15) is 10.1 Å². The zero-order valence-corrected chi connectivity index (χ0v) is 9.28. The smallest absolute Gasteiger partial charge is 0.330 e. The minimum absolute atomic E-state index is 0.0156. The van der Waals surface area contributed by atoms with Crippen LogP contribution in [0.4, 0.5) is 11.5 Å². The van der Waals surface area contributed by atoms with Gasteiger partial charge in [-0.15, -0.1) is 5.10 Å². The maximum absolute atomic E-state index is 10.7. The van der Waals surface area contributed by atoms with E-state index < -0.39 is 4.92 Å². The average Bonchev–Trinajstić information content (AvgIpc) is 2.88. The van der Waals surface area contributed by atoms with Gasteiger partial charge < -0.3 is 9.88 Å². The second-order valence-electron chi connectivity index (χ2n) is 3.52. The van der Waals surface area contributed by atoms with Crippen LogP contribution < -0.4 is 5.32 Å². The number of aryl methyl sites for hydroxylation is 1. The fourth-order valence-electron chi connectivity index (χ4n) is 1.46. The van der Waals surface area contributed by atoms with Crippen LogP contribution in [0.5, 0.6) is 0 Å². The lowest BCUT2D eigenvalue weighted by atomic mass is 10.5. The van der Waals surface area contributed by atoms with Gasteiger partial charge >= 0.3 is 5.69 Å². The normalized spacial score (nSPS) is 10.4. The lowest BCUT2D eigenvalue weighted by molar-refractivity contribution is -0.384. The molecule has 8 heteroatoms. The molecule has 8 nitrogen and oxygen atoms in total. The summed E-state index contributed by atoms with van der Waals surface area (Å²) in [6, 6.07) is 0. The van der Waals surface area contributed by atoms with Gasteiger partial charge in [0.25, 0.3) is 0 Å². The molecular formula is C9H12N6O2. The number of anilines is 1. The molecule has 2 heterocycles. The Morgan fingerprint density at radius 1 is 1.59 bits per heavy atom. The molecule has 2 rings (SSSR count). The molecule has 0 bridgehead atoms. The van der Waals surface area contributed by atoms with Crippen LogP contribution >= 0.6 is 0 Å². The van der Waals surface area contributed by atoms with Crippen LogP contribution in [0, 0.1) is 10.1 Å². The van der Waals surface area contributed by atoms with Crippen molar-refractivity contribution in [1.29, 1.82) is 0 Å². The summed E-state index contributed by atoms with van der Waals surface area (Å²) in [5.74, 6) is 0.289. The topological polar surface area (TPSA) is 90.8 Å². The van der Waals surface area contributed by atoms with Crippen molar-refractivity contribution in [3.05, 3.63) is 35.0 Å². The quantitative estimate of drug-likeness (QED) is 0.607. The van der Waals surface area contributed by atoms with Crippen molar-refractivity contribution in [2.45, 2.75) is 6.54 Å². The maximum atomic E-state index is 10.7. The fraction of sp³-hybridized carbons (Fsp3) is 0.333. The van der Waals surface area contributed by atoms with Crippen LogP contribution in [0.15, 0.2) is 24.9 Å². The largest absolute Gasteiger partial charge is 0.361 e. The third kappa shape index (κ3) is 2.60. The molecule has 2 aromatic heterocycles. The highest BCUT2D eigenvalue weighted by atomic mass is 16.6. The monoisotopic (exact) mass is 236 g/mol. The van der Waals surface area contributed by atoms with Crippen molar-refractivity contribution in [3.8, 4) is 0 Å². The molecule has 0 fully saturated rings. The number of nitrogens with one attached hydrogen (secondary N) is 1.